The summed E-state index contributed by atoms with van der Waals surface area (Å²) < 4.78 is 58.0. The number of aromatic hydroxyl groups is 1. The third kappa shape index (κ3) is 4.22. The van der Waals surface area contributed by atoms with Crippen LogP contribution in [0.3, 0.4) is 0 Å². The van der Waals surface area contributed by atoms with Gasteiger partial charge in [-0.1, -0.05) is 13.0 Å². The van der Waals surface area contributed by atoms with Gasteiger partial charge in [0.2, 0.25) is 0 Å². The normalized spacial score (nSPS) is 26.7. The second-order valence-electron chi connectivity index (χ2n) is 12.3. The summed E-state index contributed by atoms with van der Waals surface area (Å²) in [6.07, 6.45) is 4.13. The van der Waals surface area contributed by atoms with E-state index in [0.717, 1.165) is 25.8 Å². The number of aryl methyl sites for hydroxylation is 1. The van der Waals surface area contributed by atoms with Gasteiger partial charge in [-0.05, 0) is 66.8 Å². The predicted molar refractivity (Wildman–Crippen MR) is 155 cm³/mol. The van der Waals surface area contributed by atoms with Crippen LogP contribution in [0.1, 0.15) is 38.2 Å². The van der Waals surface area contributed by atoms with Crippen LogP contribution in [-0.4, -0.2) is 81.7 Å². The Morgan fingerprint density at radius 3 is 2.86 bits per heavy atom. The van der Waals surface area contributed by atoms with Crippen molar-refractivity contribution < 1.29 is 27.8 Å². The van der Waals surface area contributed by atoms with E-state index in [0.29, 0.717) is 60.1 Å². The Morgan fingerprint density at radius 1 is 1.19 bits per heavy atom. The van der Waals surface area contributed by atoms with E-state index >= 15 is 4.39 Å². The molecular formula is C32H32F3N5O3. The van der Waals surface area contributed by atoms with Gasteiger partial charge in [-0.2, -0.15) is 9.97 Å². The lowest BCUT2D eigenvalue weighted by Gasteiger charge is -2.31. The Kier molecular flexibility index (Phi) is 6.20. The minimum absolute atomic E-state index is 0.0202. The molecule has 6 heterocycles. The lowest BCUT2D eigenvalue weighted by Crippen LogP contribution is -2.43. The highest BCUT2D eigenvalue weighted by molar-refractivity contribution is 6.01. The minimum atomic E-state index is -0.904. The molecule has 8 nitrogen and oxygen atoms in total. The first kappa shape index (κ1) is 26.9. The maximum atomic E-state index is 16.7. The summed E-state index contributed by atoms with van der Waals surface area (Å²) in [7, 11) is 0. The second kappa shape index (κ2) is 9.92. The molecule has 0 amide bonds. The number of aromatic nitrogens is 3. The number of alkyl halides is 1. The zero-order chi connectivity index (χ0) is 29.5. The fourth-order valence-electron chi connectivity index (χ4n) is 7.83. The SMILES string of the molecule is CCc1c(F)ccc2cc(O)cc(-c3ncc4c(N5C[C@@H]6C[C@H]5CO6)nc(OC[C@@]56CCCN5C[C@H](F)C6)nc4c3F)c12. The number of fused-ring (bicyclic) bond motifs is 5. The van der Waals surface area contributed by atoms with Gasteiger partial charge in [0.15, 0.2) is 5.82 Å². The van der Waals surface area contributed by atoms with E-state index in [2.05, 4.69) is 19.8 Å². The summed E-state index contributed by atoms with van der Waals surface area (Å²) in [4.78, 5) is 18.1. The number of hydrogen-bond donors (Lipinski definition) is 1. The summed E-state index contributed by atoms with van der Waals surface area (Å²) in [5, 5.41) is 12.0. The Balaban J connectivity index is 1.28. The van der Waals surface area contributed by atoms with Crippen LogP contribution in [0.2, 0.25) is 0 Å². The first-order chi connectivity index (χ1) is 20.8. The molecule has 0 aliphatic carbocycles. The Morgan fingerprint density at radius 2 is 2.07 bits per heavy atom. The largest absolute Gasteiger partial charge is 0.508 e. The molecule has 11 heteroatoms. The van der Waals surface area contributed by atoms with Crippen LogP contribution in [-0.2, 0) is 11.2 Å². The van der Waals surface area contributed by atoms with Gasteiger partial charge < -0.3 is 19.5 Å². The highest BCUT2D eigenvalue weighted by Crippen LogP contribution is 2.43. The summed E-state index contributed by atoms with van der Waals surface area (Å²) >= 11 is 0. The van der Waals surface area contributed by atoms with Gasteiger partial charge in [0.1, 0.15) is 41.4 Å². The van der Waals surface area contributed by atoms with Crippen molar-refractivity contribution in [1.82, 2.24) is 19.9 Å². The van der Waals surface area contributed by atoms with Crippen molar-refractivity contribution in [3.63, 3.8) is 0 Å². The average Bonchev–Trinajstić information content (AvgIpc) is 3.77. The van der Waals surface area contributed by atoms with Crippen LogP contribution in [0.4, 0.5) is 19.0 Å². The van der Waals surface area contributed by atoms with Gasteiger partial charge in [-0.25, -0.2) is 13.2 Å². The number of anilines is 1. The van der Waals surface area contributed by atoms with Crippen LogP contribution in [0.15, 0.2) is 30.5 Å². The Labute approximate surface area is 246 Å². The molecular weight excluding hydrogens is 559 g/mol. The molecule has 0 unspecified atom stereocenters. The molecule has 1 N–H and O–H groups in total. The molecule has 4 atom stereocenters. The van der Waals surface area contributed by atoms with Gasteiger partial charge >= 0.3 is 6.01 Å². The molecule has 0 saturated carbocycles. The van der Waals surface area contributed by atoms with Crippen molar-refractivity contribution in [1.29, 1.82) is 0 Å². The van der Waals surface area contributed by atoms with E-state index < -0.39 is 23.3 Å². The maximum Gasteiger partial charge on any atom is 0.319 e. The topological polar surface area (TPSA) is 83.8 Å². The number of benzene rings is 2. The van der Waals surface area contributed by atoms with Gasteiger partial charge in [0, 0.05) is 31.3 Å². The predicted octanol–water partition coefficient (Wildman–Crippen LogP) is 5.32. The number of phenolic OH excluding ortho intramolecular Hbond substituents is 1. The molecule has 224 valence electrons. The Bertz CT molecular complexity index is 1770. The summed E-state index contributed by atoms with van der Waals surface area (Å²) in [6.45, 7) is 4.42. The number of rotatable bonds is 6. The molecule has 2 aromatic heterocycles. The number of morpholine rings is 1. The van der Waals surface area contributed by atoms with E-state index in [1.54, 1.807) is 12.3 Å². The van der Waals surface area contributed by atoms with Crippen molar-refractivity contribution in [2.45, 2.75) is 62.9 Å². The smallest absolute Gasteiger partial charge is 0.319 e. The molecule has 2 bridgehead atoms. The first-order valence-corrected chi connectivity index (χ1v) is 15.0. The van der Waals surface area contributed by atoms with Gasteiger partial charge in [-0.3, -0.25) is 9.88 Å². The van der Waals surface area contributed by atoms with Crippen molar-refractivity contribution in [2.24, 2.45) is 0 Å². The summed E-state index contributed by atoms with van der Waals surface area (Å²) in [5.41, 5.74) is 0.254. The molecule has 4 fully saturated rings. The number of pyridine rings is 1. The average molecular weight is 592 g/mol. The standard InChI is InChI=1S/C32H32F3N5O3/c1-2-22-25(34)5-4-17-8-20(41)10-23(26(17)22)28-27(35)29-24(12-36-28)30(40-14-21-9-19(40)15-42-21)38-31(37-29)43-16-32-6-3-7-39(32)13-18(33)11-32/h4-5,8,10,12,18-19,21,41H,2-3,6-7,9,11,13-16H2,1H3/t18-,19+,21+,32+/m1/s1. The van der Waals surface area contributed by atoms with E-state index in [4.69, 9.17) is 14.5 Å². The summed E-state index contributed by atoms with van der Waals surface area (Å²) in [6, 6.07) is 5.98. The fourth-order valence-corrected chi connectivity index (χ4v) is 7.83. The van der Waals surface area contributed by atoms with Crippen molar-refractivity contribution in [3.8, 4) is 23.0 Å². The highest BCUT2D eigenvalue weighted by Gasteiger charge is 2.49. The van der Waals surface area contributed by atoms with Crippen molar-refractivity contribution in [3.05, 3.63) is 47.7 Å². The van der Waals surface area contributed by atoms with Crippen LogP contribution in [0.25, 0.3) is 32.9 Å². The molecule has 4 aliphatic rings. The van der Waals surface area contributed by atoms with Crippen molar-refractivity contribution >= 4 is 27.5 Å². The second-order valence-corrected chi connectivity index (χ2v) is 12.3. The van der Waals surface area contributed by atoms with Crippen LogP contribution in [0.5, 0.6) is 11.8 Å². The minimum Gasteiger partial charge on any atom is -0.508 e. The third-order valence-electron chi connectivity index (χ3n) is 9.81. The first-order valence-electron chi connectivity index (χ1n) is 15.0. The van der Waals surface area contributed by atoms with E-state index in [-0.39, 0.29) is 47.3 Å². The van der Waals surface area contributed by atoms with Crippen LogP contribution < -0.4 is 9.64 Å². The van der Waals surface area contributed by atoms with Gasteiger partial charge in [0.25, 0.3) is 0 Å². The number of hydrogen-bond acceptors (Lipinski definition) is 8. The molecule has 4 saturated heterocycles. The number of ether oxygens (including phenoxy) is 2. The van der Waals surface area contributed by atoms with Crippen molar-refractivity contribution in [2.75, 3.05) is 37.7 Å². The van der Waals surface area contributed by atoms with Crippen LogP contribution >= 0.6 is 0 Å². The van der Waals surface area contributed by atoms with E-state index in [1.165, 1.54) is 18.2 Å². The third-order valence-corrected chi connectivity index (χ3v) is 9.81. The molecule has 43 heavy (non-hydrogen) atoms. The number of halogens is 3. The Hall–Kier alpha value is -3.70. The molecule has 4 aromatic rings. The molecule has 0 radical (unpaired) electrons. The molecule has 8 rings (SSSR count). The zero-order valence-corrected chi connectivity index (χ0v) is 23.8. The van der Waals surface area contributed by atoms with Crippen LogP contribution in [0, 0.1) is 11.6 Å². The van der Waals surface area contributed by atoms with E-state index in [1.807, 2.05) is 6.92 Å². The zero-order valence-electron chi connectivity index (χ0n) is 23.8. The monoisotopic (exact) mass is 591 g/mol. The molecule has 4 aliphatic heterocycles. The quantitative estimate of drug-likeness (QED) is 0.323. The number of nitrogens with zero attached hydrogens (tertiary/aromatic N) is 5. The highest BCUT2D eigenvalue weighted by atomic mass is 19.1. The van der Waals surface area contributed by atoms with Gasteiger partial charge in [0.05, 0.1) is 29.7 Å². The molecule has 2 aromatic carbocycles. The summed E-state index contributed by atoms with van der Waals surface area (Å²) in [5.74, 6) is -0.681. The fraction of sp³-hybridized carbons (Fsp3) is 0.469. The van der Waals surface area contributed by atoms with E-state index in [9.17, 15) is 13.9 Å². The molecule has 0 spiro atoms. The maximum absolute atomic E-state index is 16.7. The van der Waals surface area contributed by atoms with Gasteiger partial charge in [-0.15, -0.1) is 0 Å². The lowest BCUT2D eigenvalue weighted by atomic mass is 9.94. The number of phenols is 1. The lowest BCUT2D eigenvalue weighted by molar-refractivity contribution is 0.0984.